The van der Waals surface area contributed by atoms with Gasteiger partial charge in [0.15, 0.2) is 11.6 Å². The van der Waals surface area contributed by atoms with Gasteiger partial charge in [-0.2, -0.15) is 0 Å². The van der Waals surface area contributed by atoms with Crippen LogP contribution in [0.4, 0.5) is 0 Å². The maximum absolute atomic E-state index is 13.3. The summed E-state index contributed by atoms with van der Waals surface area (Å²) in [6.07, 6.45) is 4.15. The van der Waals surface area contributed by atoms with Crippen LogP contribution >= 0.6 is 0 Å². The zero-order chi connectivity index (χ0) is 20.1. The Hall–Kier alpha value is -2.99. The molecule has 0 fully saturated rings. The molecule has 1 aliphatic carbocycles. The van der Waals surface area contributed by atoms with Crippen LogP contribution in [0, 0.1) is 6.92 Å². The van der Waals surface area contributed by atoms with Gasteiger partial charge in [-0.1, -0.05) is 23.8 Å². The molecule has 0 saturated carbocycles. The van der Waals surface area contributed by atoms with Crippen LogP contribution in [-0.4, -0.2) is 24.0 Å². The molecule has 1 aliphatic rings. The van der Waals surface area contributed by atoms with Gasteiger partial charge in [-0.15, -0.1) is 0 Å². The normalized spacial score (nSPS) is 14.5. The number of Topliss-reactive ketones (excluding diaryl/α,β-unsaturated/α-hetero) is 1. The van der Waals surface area contributed by atoms with Crippen LogP contribution in [-0.2, 0) is 14.8 Å². The van der Waals surface area contributed by atoms with Crippen LogP contribution < -0.4 is 0 Å². The van der Waals surface area contributed by atoms with Gasteiger partial charge in [0, 0.05) is 23.6 Å². The summed E-state index contributed by atoms with van der Waals surface area (Å²) in [6, 6.07) is 11.7. The first-order chi connectivity index (χ1) is 13.3. The SMILES string of the molecule is CC(=O)c1ccc(C2=CC(=O)CC2)c2ccn(S(=O)(=O)c3ccc(C)cc3)c12. The summed E-state index contributed by atoms with van der Waals surface area (Å²) in [5.74, 6) is -0.155. The van der Waals surface area contributed by atoms with E-state index in [1.165, 1.54) is 17.1 Å². The third-order valence-electron chi connectivity index (χ3n) is 5.09. The zero-order valence-electron chi connectivity index (χ0n) is 15.6. The van der Waals surface area contributed by atoms with Gasteiger partial charge >= 0.3 is 0 Å². The molecule has 0 N–H and O–H groups in total. The number of nitrogens with zero attached hydrogens (tertiary/aromatic N) is 1. The van der Waals surface area contributed by atoms with E-state index in [9.17, 15) is 18.0 Å². The average molecular weight is 393 g/mol. The molecule has 0 aliphatic heterocycles. The second-order valence-electron chi connectivity index (χ2n) is 7.04. The summed E-state index contributed by atoms with van der Waals surface area (Å²) in [6.45, 7) is 3.31. The van der Waals surface area contributed by atoms with Gasteiger partial charge in [-0.25, -0.2) is 12.4 Å². The molecule has 1 heterocycles. The van der Waals surface area contributed by atoms with Crippen molar-refractivity contribution >= 4 is 38.1 Å². The fraction of sp³-hybridized carbons (Fsp3) is 0.182. The summed E-state index contributed by atoms with van der Waals surface area (Å²) in [5.41, 5.74) is 3.32. The standard InChI is InChI=1S/C22H19NO4S/c1-14-3-7-18(8-4-14)28(26,27)23-12-11-21-20(16-5-6-17(25)13-16)10-9-19(15(2)24)22(21)23/h3-4,7-13H,5-6H2,1-2H3. The van der Waals surface area contributed by atoms with Crippen LogP contribution in [0.3, 0.4) is 0 Å². The zero-order valence-corrected chi connectivity index (χ0v) is 16.4. The second kappa shape index (κ2) is 6.56. The van der Waals surface area contributed by atoms with E-state index in [4.69, 9.17) is 0 Å². The largest absolute Gasteiger partial charge is 0.295 e. The minimum absolute atomic E-state index is 0.0607. The van der Waals surface area contributed by atoms with Crippen molar-refractivity contribution in [3.8, 4) is 0 Å². The highest BCUT2D eigenvalue weighted by atomic mass is 32.2. The van der Waals surface area contributed by atoms with E-state index in [0.29, 0.717) is 29.3 Å². The lowest BCUT2D eigenvalue weighted by atomic mass is 9.97. The molecule has 4 rings (SSSR count). The maximum Gasteiger partial charge on any atom is 0.268 e. The summed E-state index contributed by atoms with van der Waals surface area (Å²) in [4.78, 5) is 24.1. The number of rotatable bonds is 4. The molecule has 0 radical (unpaired) electrons. The van der Waals surface area contributed by atoms with E-state index in [1.54, 1.807) is 48.5 Å². The minimum atomic E-state index is -3.87. The molecular formula is C22H19NO4S. The first-order valence-electron chi connectivity index (χ1n) is 9.00. The number of benzene rings is 2. The molecular weight excluding hydrogens is 374 g/mol. The average Bonchev–Trinajstić information content (AvgIpc) is 3.28. The first-order valence-corrected chi connectivity index (χ1v) is 10.4. The highest BCUT2D eigenvalue weighted by Gasteiger charge is 2.24. The van der Waals surface area contributed by atoms with Crippen LogP contribution in [0.1, 0.15) is 41.3 Å². The molecule has 2 aromatic carbocycles. The molecule has 1 aromatic heterocycles. The van der Waals surface area contributed by atoms with Gasteiger partial charge in [0.2, 0.25) is 0 Å². The number of aromatic nitrogens is 1. The van der Waals surface area contributed by atoms with Crippen molar-refractivity contribution in [3.05, 3.63) is 71.4 Å². The Labute approximate surface area is 163 Å². The minimum Gasteiger partial charge on any atom is -0.295 e. The van der Waals surface area contributed by atoms with Crippen LogP contribution in [0.25, 0.3) is 16.5 Å². The lowest BCUT2D eigenvalue weighted by molar-refractivity contribution is -0.114. The van der Waals surface area contributed by atoms with Crippen LogP contribution in [0.2, 0.25) is 0 Å². The molecule has 0 bridgehead atoms. The number of hydrogen-bond acceptors (Lipinski definition) is 4. The molecule has 142 valence electrons. The highest BCUT2D eigenvalue weighted by Crippen LogP contribution is 2.35. The number of carbonyl (C=O) groups excluding carboxylic acids is 2. The highest BCUT2D eigenvalue weighted by molar-refractivity contribution is 7.90. The van der Waals surface area contributed by atoms with Crippen molar-refractivity contribution < 1.29 is 18.0 Å². The maximum atomic E-state index is 13.3. The van der Waals surface area contributed by atoms with E-state index < -0.39 is 10.0 Å². The molecule has 6 heteroatoms. The van der Waals surface area contributed by atoms with Crippen molar-refractivity contribution in [3.63, 3.8) is 0 Å². The number of carbonyl (C=O) groups is 2. The monoisotopic (exact) mass is 393 g/mol. The van der Waals surface area contributed by atoms with E-state index >= 15 is 0 Å². The van der Waals surface area contributed by atoms with E-state index in [1.807, 2.05) is 6.92 Å². The topological polar surface area (TPSA) is 73.2 Å². The molecule has 0 spiro atoms. The first kappa shape index (κ1) is 18.4. The Morgan fingerprint density at radius 2 is 1.71 bits per heavy atom. The second-order valence-corrected chi connectivity index (χ2v) is 8.86. The fourth-order valence-electron chi connectivity index (χ4n) is 3.63. The molecule has 28 heavy (non-hydrogen) atoms. The lowest BCUT2D eigenvalue weighted by Crippen LogP contribution is -2.13. The Bertz CT molecular complexity index is 1260. The van der Waals surface area contributed by atoms with Gasteiger partial charge < -0.3 is 0 Å². The molecule has 0 atom stereocenters. The number of hydrogen-bond donors (Lipinski definition) is 0. The van der Waals surface area contributed by atoms with Crippen LogP contribution in [0.15, 0.2) is 59.6 Å². The quantitative estimate of drug-likeness (QED) is 0.625. The van der Waals surface area contributed by atoms with Crippen LogP contribution in [0.5, 0.6) is 0 Å². The Morgan fingerprint density at radius 1 is 1.00 bits per heavy atom. The smallest absolute Gasteiger partial charge is 0.268 e. The predicted octanol–water partition coefficient (Wildman–Crippen LogP) is 4.14. The lowest BCUT2D eigenvalue weighted by Gasteiger charge is -2.12. The summed E-state index contributed by atoms with van der Waals surface area (Å²) < 4.78 is 27.7. The Kier molecular flexibility index (Phi) is 4.31. The number of fused-ring (bicyclic) bond motifs is 1. The Morgan fingerprint density at radius 3 is 2.32 bits per heavy atom. The summed E-state index contributed by atoms with van der Waals surface area (Å²) in [7, 11) is -3.87. The van der Waals surface area contributed by atoms with E-state index in [2.05, 4.69) is 0 Å². The van der Waals surface area contributed by atoms with Crippen molar-refractivity contribution in [1.82, 2.24) is 3.97 Å². The van der Waals surface area contributed by atoms with Crippen molar-refractivity contribution in [1.29, 1.82) is 0 Å². The Balaban J connectivity index is 2.00. The van der Waals surface area contributed by atoms with Gasteiger partial charge in [0.05, 0.1) is 10.4 Å². The predicted molar refractivity (Wildman–Crippen MR) is 108 cm³/mol. The third-order valence-corrected chi connectivity index (χ3v) is 6.78. The molecule has 3 aromatic rings. The fourth-order valence-corrected chi connectivity index (χ4v) is 4.99. The third kappa shape index (κ3) is 2.90. The molecule has 5 nitrogen and oxygen atoms in total. The van der Waals surface area contributed by atoms with E-state index in [0.717, 1.165) is 16.7 Å². The van der Waals surface area contributed by atoms with Gasteiger partial charge in [-0.3, -0.25) is 9.59 Å². The summed E-state index contributed by atoms with van der Waals surface area (Å²) in [5, 5.41) is 0.657. The molecule has 0 amide bonds. The van der Waals surface area contributed by atoms with E-state index in [-0.39, 0.29) is 16.5 Å². The van der Waals surface area contributed by atoms with Crippen molar-refractivity contribution in [2.24, 2.45) is 0 Å². The number of aryl methyl sites for hydroxylation is 1. The molecule has 0 unspecified atom stereocenters. The number of allylic oxidation sites excluding steroid dienone is 2. The van der Waals surface area contributed by atoms with Crippen molar-refractivity contribution in [2.45, 2.75) is 31.6 Å². The molecule has 0 saturated heterocycles. The number of ketones is 2. The van der Waals surface area contributed by atoms with Gasteiger partial charge in [-0.05, 0) is 61.7 Å². The van der Waals surface area contributed by atoms with Crippen molar-refractivity contribution in [2.75, 3.05) is 0 Å². The van der Waals surface area contributed by atoms with Gasteiger partial charge in [0.1, 0.15) is 0 Å². The summed E-state index contributed by atoms with van der Waals surface area (Å²) >= 11 is 0. The van der Waals surface area contributed by atoms with Gasteiger partial charge in [0.25, 0.3) is 10.0 Å².